The zero-order valence-electron chi connectivity index (χ0n) is 11.6. The van der Waals surface area contributed by atoms with Crippen LogP contribution in [0.2, 0.25) is 0 Å². The maximum atomic E-state index is 14.0. The van der Waals surface area contributed by atoms with Crippen LogP contribution in [0.1, 0.15) is 24.1 Å². The third-order valence-corrected chi connectivity index (χ3v) is 3.23. The van der Waals surface area contributed by atoms with Crippen molar-refractivity contribution in [2.75, 3.05) is 12.4 Å². The van der Waals surface area contributed by atoms with Crippen molar-refractivity contribution in [2.45, 2.75) is 19.6 Å². The molecule has 1 atom stereocenters. The second-order valence-corrected chi connectivity index (χ2v) is 4.57. The molecular formula is C16H18FNO2. The van der Waals surface area contributed by atoms with Gasteiger partial charge in [-0.15, -0.1) is 0 Å². The van der Waals surface area contributed by atoms with Gasteiger partial charge in [0.05, 0.1) is 19.8 Å². The van der Waals surface area contributed by atoms with Crippen LogP contribution in [0.3, 0.4) is 0 Å². The Bertz CT molecular complexity index is 586. The van der Waals surface area contributed by atoms with Gasteiger partial charge in [-0.05, 0) is 19.1 Å². The Morgan fingerprint density at radius 1 is 1.25 bits per heavy atom. The van der Waals surface area contributed by atoms with Gasteiger partial charge in [-0.3, -0.25) is 0 Å². The van der Waals surface area contributed by atoms with E-state index in [9.17, 15) is 9.50 Å². The maximum Gasteiger partial charge on any atom is 0.132 e. The molecule has 0 aliphatic rings. The fourth-order valence-corrected chi connectivity index (χ4v) is 2.10. The number of nitrogens with one attached hydrogen (secondary N) is 1. The molecule has 2 rings (SSSR count). The average molecular weight is 275 g/mol. The van der Waals surface area contributed by atoms with E-state index < -0.39 is 0 Å². The van der Waals surface area contributed by atoms with E-state index in [-0.39, 0.29) is 18.5 Å². The molecule has 3 nitrogen and oxygen atoms in total. The molecule has 0 spiro atoms. The molecule has 0 saturated carbocycles. The van der Waals surface area contributed by atoms with Crippen LogP contribution in [0.4, 0.5) is 10.1 Å². The minimum atomic E-state index is -0.314. The van der Waals surface area contributed by atoms with Crippen LogP contribution in [-0.4, -0.2) is 12.2 Å². The summed E-state index contributed by atoms with van der Waals surface area (Å²) in [6.45, 7) is 1.82. The second kappa shape index (κ2) is 6.39. The maximum absolute atomic E-state index is 14.0. The van der Waals surface area contributed by atoms with E-state index in [4.69, 9.17) is 4.74 Å². The number of aliphatic hydroxyl groups is 1. The zero-order valence-corrected chi connectivity index (χ0v) is 11.6. The lowest BCUT2D eigenvalue weighted by molar-refractivity contribution is 0.282. The van der Waals surface area contributed by atoms with Crippen LogP contribution < -0.4 is 10.1 Å². The van der Waals surface area contributed by atoms with Crippen LogP contribution in [0, 0.1) is 5.82 Å². The van der Waals surface area contributed by atoms with Gasteiger partial charge in [-0.25, -0.2) is 4.39 Å². The van der Waals surface area contributed by atoms with Crippen molar-refractivity contribution in [1.29, 1.82) is 0 Å². The minimum absolute atomic E-state index is 0.0546. The molecule has 0 amide bonds. The first-order valence-corrected chi connectivity index (χ1v) is 6.44. The number of methoxy groups -OCH3 is 1. The third-order valence-electron chi connectivity index (χ3n) is 3.23. The van der Waals surface area contributed by atoms with Crippen molar-refractivity contribution in [2.24, 2.45) is 0 Å². The monoisotopic (exact) mass is 275 g/mol. The van der Waals surface area contributed by atoms with Crippen LogP contribution in [0.25, 0.3) is 0 Å². The largest absolute Gasteiger partial charge is 0.497 e. The molecule has 0 aliphatic heterocycles. The average Bonchev–Trinajstić information content (AvgIpc) is 2.47. The summed E-state index contributed by atoms with van der Waals surface area (Å²) in [4.78, 5) is 0. The van der Waals surface area contributed by atoms with Crippen LogP contribution >= 0.6 is 0 Å². The fraction of sp³-hybridized carbons (Fsp3) is 0.250. The van der Waals surface area contributed by atoms with E-state index in [0.29, 0.717) is 11.3 Å². The van der Waals surface area contributed by atoms with Gasteiger partial charge in [0.25, 0.3) is 0 Å². The summed E-state index contributed by atoms with van der Waals surface area (Å²) in [5.74, 6) is 0.181. The molecule has 2 aromatic rings. The van der Waals surface area contributed by atoms with E-state index in [1.807, 2.05) is 31.2 Å². The Labute approximate surface area is 118 Å². The number of hydrogen-bond donors (Lipinski definition) is 2. The van der Waals surface area contributed by atoms with Crippen molar-refractivity contribution < 1.29 is 14.2 Å². The molecule has 2 aromatic carbocycles. The Morgan fingerprint density at radius 2 is 2.00 bits per heavy atom. The smallest absolute Gasteiger partial charge is 0.132 e. The van der Waals surface area contributed by atoms with Crippen molar-refractivity contribution in [1.82, 2.24) is 0 Å². The molecule has 106 valence electrons. The van der Waals surface area contributed by atoms with Crippen molar-refractivity contribution in [3.63, 3.8) is 0 Å². The number of aliphatic hydroxyl groups excluding tert-OH is 1. The van der Waals surface area contributed by atoms with Gasteiger partial charge in [0.15, 0.2) is 0 Å². The molecule has 4 heteroatoms. The van der Waals surface area contributed by atoms with Crippen LogP contribution in [0.15, 0.2) is 42.5 Å². The lowest BCUT2D eigenvalue weighted by atomic mass is 10.1. The molecule has 0 saturated heterocycles. The highest BCUT2D eigenvalue weighted by Crippen LogP contribution is 2.26. The molecule has 0 heterocycles. The first-order valence-electron chi connectivity index (χ1n) is 6.44. The molecule has 0 bridgehead atoms. The summed E-state index contributed by atoms with van der Waals surface area (Å²) >= 11 is 0. The van der Waals surface area contributed by atoms with E-state index in [1.165, 1.54) is 13.2 Å². The second-order valence-electron chi connectivity index (χ2n) is 4.57. The van der Waals surface area contributed by atoms with E-state index >= 15 is 0 Å². The fourth-order valence-electron chi connectivity index (χ4n) is 2.10. The lowest BCUT2D eigenvalue weighted by Crippen LogP contribution is -2.10. The Kier molecular flexibility index (Phi) is 4.58. The number of halogens is 1. The Balaban J connectivity index is 2.21. The summed E-state index contributed by atoms with van der Waals surface area (Å²) in [5.41, 5.74) is 2.14. The van der Waals surface area contributed by atoms with Gasteiger partial charge in [-0.2, -0.15) is 0 Å². The summed E-state index contributed by atoms with van der Waals surface area (Å²) in [5, 5.41) is 12.5. The number of anilines is 1. The highest BCUT2D eigenvalue weighted by Gasteiger charge is 2.13. The van der Waals surface area contributed by atoms with Gasteiger partial charge in [0.1, 0.15) is 11.6 Å². The van der Waals surface area contributed by atoms with Gasteiger partial charge in [0.2, 0.25) is 0 Å². The predicted octanol–water partition coefficient (Wildman–Crippen LogP) is 3.50. The summed E-state index contributed by atoms with van der Waals surface area (Å²) in [6, 6.07) is 12.0. The number of benzene rings is 2. The first kappa shape index (κ1) is 14.3. The van der Waals surface area contributed by atoms with Crippen molar-refractivity contribution in [3.05, 3.63) is 59.4 Å². The summed E-state index contributed by atoms with van der Waals surface area (Å²) < 4.78 is 19.0. The minimum Gasteiger partial charge on any atom is -0.497 e. The summed E-state index contributed by atoms with van der Waals surface area (Å²) in [7, 11) is 1.51. The third kappa shape index (κ3) is 3.08. The van der Waals surface area contributed by atoms with Gasteiger partial charge < -0.3 is 15.2 Å². The number of para-hydroxylation sites is 1. The molecule has 20 heavy (non-hydrogen) atoms. The topological polar surface area (TPSA) is 41.5 Å². The van der Waals surface area contributed by atoms with Gasteiger partial charge >= 0.3 is 0 Å². The van der Waals surface area contributed by atoms with Crippen LogP contribution in [0.5, 0.6) is 5.75 Å². The molecule has 0 fully saturated rings. The molecular weight excluding hydrogens is 257 g/mol. The molecule has 0 aromatic heterocycles. The van der Waals surface area contributed by atoms with E-state index in [1.54, 1.807) is 12.1 Å². The number of rotatable bonds is 5. The van der Waals surface area contributed by atoms with Gasteiger partial charge in [-0.1, -0.05) is 24.3 Å². The Hall–Kier alpha value is -2.07. The molecule has 0 radical (unpaired) electrons. The van der Waals surface area contributed by atoms with Gasteiger partial charge in [0, 0.05) is 22.9 Å². The number of ether oxygens (including phenoxy) is 1. The standard InChI is InChI=1S/C16H18FNO2/c1-11(14-8-7-13(20-2)9-15(14)17)18-16-6-4-3-5-12(16)10-19/h3-9,11,18-19H,10H2,1-2H3. The highest BCUT2D eigenvalue weighted by atomic mass is 19.1. The van der Waals surface area contributed by atoms with E-state index in [2.05, 4.69) is 5.32 Å². The molecule has 0 aliphatic carbocycles. The normalized spacial score (nSPS) is 12.0. The molecule has 2 N–H and O–H groups in total. The SMILES string of the molecule is COc1ccc(C(C)Nc2ccccc2CO)c(F)c1. The highest BCUT2D eigenvalue weighted by molar-refractivity contribution is 5.52. The quantitative estimate of drug-likeness (QED) is 0.877. The van der Waals surface area contributed by atoms with Crippen molar-refractivity contribution in [3.8, 4) is 5.75 Å². The predicted molar refractivity (Wildman–Crippen MR) is 77.4 cm³/mol. The van der Waals surface area contributed by atoms with E-state index in [0.717, 1.165) is 11.3 Å². The first-order chi connectivity index (χ1) is 9.65. The Morgan fingerprint density at radius 3 is 2.65 bits per heavy atom. The zero-order chi connectivity index (χ0) is 14.5. The lowest BCUT2D eigenvalue weighted by Gasteiger charge is -2.18. The van der Waals surface area contributed by atoms with Crippen LogP contribution in [-0.2, 0) is 6.61 Å². The van der Waals surface area contributed by atoms with Crippen molar-refractivity contribution >= 4 is 5.69 Å². The summed E-state index contributed by atoms with van der Waals surface area (Å²) in [6.07, 6.45) is 0. The number of hydrogen-bond acceptors (Lipinski definition) is 3. The molecule has 1 unspecified atom stereocenters.